The lowest BCUT2D eigenvalue weighted by Crippen LogP contribution is -2.49. The Bertz CT molecular complexity index is 833. The number of Topliss-reactive ketones (excluding diaryl/α,β-unsaturated/α-hetero) is 1. The second-order valence-corrected chi connectivity index (χ2v) is 7.79. The average molecular weight is 389 g/mol. The summed E-state index contributed by atoms with van der Waals surface area (Å²) in [7, 11) is 1.27. The van der Waals surface area contributed by atoms with Gasteiger partial charge in [-0.1, -0.05) is 13.3 Å². The fourth-order valence-electron chi connectivity index (χ4n) is 4.40. The van der Waals surface area contributed by atoms with E-state index in [0.717, 1.165) is 24.2 Å². The van der Waals surface area contributed by atoms with Crippen LogP contribution in [0.1, 0.15) is 71.1 Å². The molecule has 0 unspecified atom stereocenters. The zero-order valence-electron chi connectivity index (χ0n) is 16.8. The van der Waals surface area contributed by atoms with E-state index in [4.69, 9.17) is 4.74 Å². The van der Waals surface area contributed by atoms with E-state index in [9.17, 15) is 19.2 Å². The highest BCUT2D eigenvalue weighted by molar-refractivity contribution is 6.11. The zero-order chi connectivity index (χ0) is 20.6. The number of imide groups is 1. The SMILES string of the molecule is CCC1CCC2(CC1)NC(=O)N(CC(=O)c1[nH]c(C)c(C(=O)OC)c1C)C2=O. The predicted octanol–water partition coefficient (Wildman–Crippen LogP) is 2.49. The van der Waals surface area contributed by atoms with Crippen molar-refractivity contribution in [2.24, 2.45) is 5.92 Å². The summed E-state index contributed by atoms with van der Waals surface area (Å²) in [5, 5.41) is 2.83. The van der Waals surface area contributed by atoms with Crippen molar-refractivity contribution >= 4 is 23.7 Å². The third kappa shape index (κ3) is 3.21. The second-order valence-electron chi connectivity index (χ2n) is 7.79. The molecule has 1 aromatic rings. The van der Waals surface area contributed by atoms with Crippen LogP contribution < -0.4 is 5.32 Å². The summed E-state index contributed by atoms with van der Waals surface area (Å²) < 4.78 is 4.75. The number of nitrogens with one attached hydrogen (secondary N) is 2. The van der Waals surface area contributed by atoms with Crippen molar-refractivity contribution in [3.05, 3.63) is 22.5 Å². The van der Waals surface area contributed by atoms with Crippen LogP contribution >= 0.6 is 0 Å². The number of hydrogen-bond acceptors (Lipinski definition) is 5. The molecular formula is C20H27N3O5. The molecule has 0 atom stereocenters. The summed E-state index contributed by atoms with van der Waals surface area (Å²) in [6.07, 6.45) is 4.06. The maximum absolute atomic E-state index is 13.0. The smallest absolute Gasteiger partial charge is 0.339 e. The molecule has 0 radical (unpaired) electrons. The topological polar surface area (TPSA) is 109 Å². The van der Waals surface area contributed by atoms with E-state index in [0.29, 0.717) is 35.6 Å². The molecule has 1 spiro atoms. The first-order chi connectivity index (χ1) is 13.2. The van der Waals surface area contributed by atoms with Crippen LogP contribution in [0.4, 0.5) is 4.79 Å². The highest BCUT2D eigenvalue weighted by Crippen LogP contribution is 2.37. The van der Waals surface area contributed by atoms with Gasteiger partial charge in [0.1, 0.15) is 5.54 Å². The number of esters is 1. The molecule has 1 aromatic heterocycles. The fraction of sp³-hybridized carbons (Fsp3) is 0.600. The molecule has 1 saturated heterocycles. The number of ketones is 1. The van der Waals surface area contributed by atoms with Crippen LogP contribution in [0.2, 0.25) is 0 Å². The minimum absolute atomic E-state index is 0.217. The molecule has 3 amide bonds. The van der Waals surface area contributed by atoms with Gasteiger partial charge in [0, 0.05) is 5.69 Å². The summed E-state index contributed by atoms with van der Waals surface area (Å²) in [4.78, 5) is 54.0. The van der Waals surface area contributed by atoms with Gasteiger partial charge in [-0.05, 0) is 51.0 Å². The molecule has 2 heterocycles. The lowest BCUT2D eigenvalue weighted by molar-refractivity contribution is -0.132. The van der Waals surface area contributed by atoms with Gasteiger partial charge in [-0.25, -0.2) is 9.59 Å². The normalized spacial score (nSPS) is 24.6. The number of carbonyl (C=O) groups is 4. The van der Waals surface area contributed by atoms with E-state index >= 15 is 0 Å². The Hall–Kier alpha value is -2.64. The van der Waals surface area contributed by atoms with E-state index in [1.54, 1.807) is 13.8 Å². The number of carbonyl (C=O) groups excluding carboxylic acids is 4. The lowest BCUT2D eigenvalue weighted by Gasteiger charge is -2.34. The Morgan fingerprint density at radius 3 is 2.43 bits per heavy atom. The average Bonchev–Trinajstić information content (AvgIpc) is 3.10. The Labute approximate surface area is 164 Å². The third-order valence-corrected chi connectivity index (χ3v) is 6.19. The van der Waals surface area contributed by atoms with Gasteiger partial charge in [-0.2, -0.15) is 0 Å². The Morgan fingerprint density at radius 2 is 1.86 bits per heavy atom. The Balaban J connectivity index is 1.77. The van der Waals surface area contributed by atoms with E-state index in [2.05, 4.69) is 17.2 Å². The second kappa shape index (κ2) is 7.41. The van der Waals surface area contributed by atoms with Crippen LogP contribution in [0, 0.1) is 19.8 Å². The number of methoxy groups -OCH3 is 1. The molecule has 28 heavy (non-hydrogen) atoms. The molecule has 1 saturated carbocycles. The number of aromatic amines is 1. The van der Waals surface area contributed by atoms with Gasteiger partial charge in [0.15, 0.2) is 5.78 Å². The summed E-state index contributed by atoms with van der Waals surface area (Å²) in [5.41, 5.74) is 0.617. The molecule has 1 aliphatic carbocycles. The van der Waals surface area contributed by atoms with Crippen LogP contribution in [0.5, 0.6) is 0 Å². The number of aryl methyl sites for hydroxylation is 1. The van der Waals surface area contributed by atoms with E-state index < -0.39 is 23.3 Å². The number of amides is 3. The van der Waals surface area contributed by atoms with Crippen molar-refractivity contribution in [2.45, 2.75) is 58.4 Å². The van der Waals surface area contributed by atoms with Gasteiger partial charge < -0.3 is 15.0 Å². The Morgan fingerprint density at radius 1 is 1.21 bits per heavy atom. The van der Waals surface area contributed by atoms with Crippen molar-refractivity contribution in [2.75, 3.05) is 13.7 Å². The molecule has 0 bridgehead atoms. The first kappa shape index (κ1) is 20.1. The molecule has 2 fully saturated rings. The van der Waals surface area contributed by atoms with Crippen molar-refractivity contribution in [1.29, 1.82) is 0 Å². The van der Waals surface area contributed by atoms with Gasteiger partial charge >= 0.3 is 12.0 Å². The highest BCUT2D eigenvalue weighted by atomic mass is 16.5. The summed E-state index contributed by atoms with van der Waals surface area (Å²) in [6.45, 7) is 5.09. The van der Waals surface area contributed by atoms with Gasteiger partial charge in [0.25, 0.3) is 5.91 Å². The van der Waals surface area contributed by atoms with Crippen LogP contribution in [-0.2, 0) is 9.53 Å². The van der Waals surface area contributed by atoms with Crippen molar-refractivity contribution in [1.82, 2.24) is 15.2 Å². The number of aromatic nitrogens is 1. The van der Waals surface area contributed by atoms with Crippen molar-refractivity contribution in [3.8, 4) is 0 Å². The number of ether oxygens (including phenoxy) is 1. The number of urea groups is 1. The van der Waals surface area contributed by atoms with Crippen LogP contribution in [-0.4, -0.2) is 52.8 Å². The van der Waals surface area contributed by atoms with Crippen LogP contribution in [0.15, 0.2) is 0 Å². The summed E-state index contributed by atoms with van der Waals surface area (Å²) in [6, 6.07) is -0.526. The monoisotopic (exact) mass is 389 g/mol. The van der Waals surface area contributed by atoms with E-state index in [-0.39, 0.29) is 18.1 Å². The Kier molecular flexibility index (Phi) is 5.32. The molecule has 1 aliphatic heterocycles. The standard InChI is InChI=1S/C20H27N3O5/c1-5-13-6-8-20(9-7-13)18(26)23(19(27)22-20)10-14(24)16-11(2)15(12(3)21-16)17(25)28-4/h13,21H,5-10H2,1-4H3,(H,22,27). The maximum Gasteiger partial charge on any atom is 0.339 e. The van der Waals surface area contributed by atoms with E-state index in [1.165, 1.54) is 7.11 Å². The highest BCUT2D eigenvalue weighted by Gasteiger charge is 2.52. The molecular weight excluding hydrogens is 362 g/mol. The molecule has 2 aliphatic rings. The lowest BCUT2D eigenvalue weighted by atomic mass is 9.75. The van der Waals surface area contributed by atoms with Crippen LogP contribution in [0.3, 0.4) is 0 Å². The number of H-pyrrole nitrogens is 1. The van der Waals surface area contributed by atoms with Crippen molar-refractivity contribution < 1.29 is 23.9 Å². The van der Waals surface area contributed by atoms with Crippen molar-refractivity contribution in [3.63, 3.8) is 0 Å². The van der Waals surface area contributed by atoms with Crippen LogP contribution in [0.25, 0.3) is 0 Å². The fourth-order valence-corrected chi connectivity index (χ4v) is 4.40. The predicted molar refractivity (Wildman–Crippen MR) is 101 cm³/mol. The van der Waals surface area contributed by atoms with Gasteiger partial charge in [0.2, 0.25) is 0 Å². The largest absolute Gasteiger partial charge is 0.465 e. The number of rotatable bonds is 5. The zero-order valence-corrected chi connectivity index (χ0v) is 16.8. The molecule has 8 nitrogen and oxygen atoms in total. The molecule has 8 heteroatoms. The molecule has 2 N–H and O–H groups in total. The minimum atomic E-state index is -0.874. The quantitative estimate of drug-likeness (QED) is 0.457. The number of hydrogen-bond donors (Lipinski definition) is 2. The van der Waals surface area contributed by atoms with Gasteiger partial charge in [-0.15, -0.1) is 0 Å². The minimum Gasteiger partial charge on any atom is -0.465 e. The van der Waals surface area contributed by atoms with Gasteiger partial charge in [-0.3, -0.25) is 14.5 Å². The molecule has 3 rings (SSSR count). The maximum atomic E-state index is 13.0. The number of nitrogens with zero attached hydrogens (tertiary/aromatic N) is 1. The summed E-state index contributed by atoms with van der Waals surface area (Å²) >= 11 is 0. The first-order valence-corrected chi connectivity index (χ1v) is 9.68. The van der Waals surface area contributed by atoms with Gasteiger partial charge in [0.05, 0.1) is 24.9 Å². The third-order valence-electron chi connectivity index (χ3n) is 6.19. The summed E-state index contributed by atoms with van der Waals surface area (Å²) in [5.74, 6) is -0.702. The molecule has 152 valence electrons. The first-order valence-electron chi connectivity index (χ1n) is 9.68. The van der Waals surface area contributed by atoms with E-state index in [1.807, 2.05) is 0 Å². The molecule has 0 aromatic carbocycles.